The van der Waals surface area contributed by atoms with Gasteiger partial charge in [-0.15, -0.1) is 0 Å². The van der Waals surface area contributed by atoms with E-state index in [-0.39, 0.29) is 10.6 Å². The molecule has 1 aliphatic rings. The van der Waals surface area contributed by atoms with Gasteiger partial charge in [-0.3, -0.25) is 4.79 Å². The van der Waals surface area contributed by atoms with Crippen LogP contribution in [0, 0.1) is 19.7 Å². The molecule has 25 heavy (non-hydrogen) atoms. The summed E-state index contributed by atoms with van der Waals surface area (Å²) in [4.78, 5) is 15.5. The number of H-pyrrole nitrogens is 1. The molecule has 0 aliphatic carbocycles. The molecule has 0 atom stereocenters. The normalized spacial score (nSPS) is 15.5. The Balaban J connectivity index is 1.91. The van der Waals surface area contributed by atoms with Crippen molar-refractivity contribution in [3.8, 4) is 0 Å². The van der Waals surface area contributed by atoms with Gasteiger partial charge in [0.05, 0.1) is 0 Å². The number of hydrogen-bond acceptors (Lipinski definition) is 3. The third-order valence-corrected chi connectivity index (χ3v) is 6.53. The Morgan fingerprint density at radius 2 is 1.76 bits per heavy atom. The third-order valence-electron chi connectivity index (χ3n) is 4.36. The highest BCUT2D eigenvalue weighted by molar-refractivity contribution is 7.89. The Morgan fingerprint density at radius 1 is 1.16 bits per heavy atom. The molecule has 3 rings (SSSR count). The zero-order valence-corrected chi connectivity index (χ0v) is 14.9. The predicted octanol–water partition coefficient (Wildman–Crippen LogP) is 2.81. The highest BCUT2D eigenvalue weighted by atomic mass is 32.2. The maximum Gasteiger partial charge on any atom is 0.272 e. The molecular weight excluding hydrogens is 345 g/mol. The molecule has 0 saturated carbocycles. The van der Waals surface area contributed by atoms with E-state index in [2.05, 4.69) is 10.3 Å². The van der Waals surface area contributed by atoms with E-state index in [0.29, 0.717) is 30.0 Å². The van der Waals surface area contributed by atoms with Gasteiger partial charge in [-0.1, -0.05) is 0 Å². The number of amides is 1. The number of anilines is 1. The number of sulfonamides is 1. The number of aryl methyl sites for hydroxylation is 1. The smallest absolute Gasteiger partial charge is 0.272 e. The largest absolute Gasteiger partial charge is 0.353 e. The van der Waals surface area contributed by atoms with Crippen LogP contribution in [0.2, 0.25) is 0 Å². The summed E-state index contributed by atoms with van der Waals surface area (Å²) in [5.41, 5.74) is 1.46. The van der Waals surface area contributed by atoms with Gasteiger partial charge in [-0.2, -0.15) is 4.31 Å². The zero-order valence-electron chi connectivity index (χ0n) is 14.1. The molecular formula is C17H20FN3O3S. The van der Waals surface area contributed by atoms with Crippen molar-refractivity contribution in [2.75, 3.05) is 18.4 Å². The molecule has 1 aromatic carbocycles. The lowest BCUT2D eigenvalue weighted by atomic mass is 10.2. The van der Waals surface area contributed by atoms with Crippen LogP contribution >= 0.6 is 0 Å². The van der Waals surface area contributed by atoms with Crippen LogP contribution in [0.25, 0.3) is 0 Å². The second-order valence-corrected chi connectivity index (χ2v) is 8.03. The molecule has 1 aromatic heterocycles. The molecule has 6 nitrogen and oxygen atoms in total. The molecule has 1 fully saturated rings. The van der Waals surface area contributed by atoms with Gasteiger partial charge in [-0.05, 0) is 56.5 Å². The standard InChI is InChI=1S/C17H20FN3O3S/c1-11-15(17(22)20-14-7-5-13(18)6-8-14)19-12(2)16(11)25(23,24)21-9-3-4-10-21/h5-8,19H,3-4,9-10H2,1-2H3,(H,20,22). The Morgan fingerprint density at radius 3 is 2.36 bits per heavy atom. The average molecular weight is 365 g/mol. The van der Waals surface area contributed by atoms with Gasteiger partial charge < -0.3 is 10.3 Å². The highest BCUT2D eigenvalue weighted by Gasteiger charge is 2.33. The average Bonchev–Trinajstić information content (AvgIpc) is 3.18. The van der Waals surface area contributed by atoms with E-state index in [0.717, 1.165) is 12.8 Å². The van der Waals surface area contributed by atoms with Gasteiger partial charge in [0.25, 0.3) is 5.91 Å². The number of aromatic nitrogens is 1. The fraction of sp³-hybridized carbons (Fsp3) is 0.353. The maximum atomic E-state index is 13.0. The first-order valence-corrected chi connectivity index (χ1v) is 9.51. The minimum Gasteiger partial charge on any atom is -0.353 e. The summed E-state index contributed by atoms with van der Waals surface area (Å²) in [6, 6.07) is 5.37. The molecule has 2 N–H and O–H groups in total. The lowest BCUT2D eigenvalue weighted by Crippen LogP contribution is -2.28. The minimum absolute atomic E-state index is 0.165. The summed E-state index contributed by atoms with van der Waals surface area (Å²) in [6.45, 7) is 4.27. The van der Waals surface area contributed by atoms with Crippen LogP contribution in [0.3, 0.4) is 0 Å². The van der Waals surface area contributed by atoms with Crippen molar-refractivity contribution in [3.05, 3.63) is 47.0 Å². The SMILES string of the molecule is Cc1[nH]c(C(=O)Nc2ccc(F)cc2)c(C)c1S(=O)(=O)N1CCCC1. The number of halogens is 1. The van der Waals surface area contributed by atoms with E-state index in [4.69, 9.17) is 0 Å². The van der Waals surface area contributed by atoms with E-state index >= 15 is 0 Å². The van der Waals surface area contributed by atoms with Crippen LogP contribution in [0.1, 0.15) is 34.6 Å². The number of rotatable bonds is 4. The number of aromatic amines is 1. The first kappa shape index (κ1) is 17.6. The van der Waals surface area contributed by atoms with Crippen molar-refractivity contribution in [1.29, 1.82) is 0 Å². The minimum atomic E-state index is -3.62. The zero-order chi connectivity index (χ0) is 18.2. The molecule has 8 heteroatoms. The Bertz CT molecular complexity index is 898. The number of nitrogens with zero attached hydrogens (tertiary/aromatic N) is 1. The molecule has 2 heterocycles. The lowest BCUT2D eigenvalue weighted by molar-refractivity contribution is 0.102. The van der Waals surface area contributed by atoms with E-state index < -0.39 is 21.7 Å². The van der Waals surface area contributed by atoms with E-state index in [1.807, 2.05) is 0 Å². The van der Waals surface area contributed by atoms with Gasteiger partial charge in [0.15, 0.2) is 0 Å². The number of nitrogens with one attached hydrogen (secondary N) is 2. The molecule has 0 bridgehead atoms. The molecule has 0 unspecified atom stereocenters. The first-order chi connectivity index (χ1) is 11.8. The van der Waals surface area contributed by atoms with Gasteiger partial charge in [-0.25, -0.2) is 12.8 Å². The summed E-state index contributed by atoms with van der Waals surface area (Å²) in [6.07, 6.45) is 1.69. The summed E-state index contributed by atoms with van der Waals surface area (Å²) < 4.78 is 40.1. The predicted molar refractivity (Wildman–Crippen MR) is 92.6 cm³/mol. The summed E-state index contributed by atoms with van der Waals surface area (Å²) in [7, 11) is -3.62. The van der Waals surface area contributed by atoms with Crippen LogP contribution in [0.4, 0.5) is 10.1 Å². The van der Waals surface area contributed by atoms with Crippen molar-refractivity contribution < 1.29 is 17.6 Å². The van der Waals surface area contributed by atoms with Crippen molar-refractivity contribution in [1.82, 2.24) is 9.29 Å². The lowest BCUT2D eigenvalue weighted by Gasteiger charge is -2.16. The van der Waals surface area contributed by atoms with Gasteiger partial charge in [0.2, 0.25) is 10.0 Å². The fourth-order valence-corrected chi connectivity index (χ4v) is 5.06. The van der Waals surface area contributed by atoms with Crippen molar-refractivity contribution in [3.63, 3.8) is 0 Å². The van der Waals surface area contributed by atoms with Crippen LogP contribution in [-0.4, -0.2) is 36.7 Å². The molecule has 0 radical (unpaired) electrons. The van der Waals surface area contributed by atoms with Crippen LogP contribution in [-0.2, 0) is 10.0 Å². The molecule has 1 aliphatic heterocycles. The number of carbonyl (C=O) groups excluding carboxylic acids is 1. The van der Waals surface area contributed by atoms with Gasteiger partial charge in [0.1, 0.15) is 16.4 Å². The van der Waals surface area contributed by atoms with Crippen molar-refractivity contribution in [2.24, 2.45) is 0 Å². The Kier molecular flexibility index (Phi) is 4.66. The second-order valence-electron chi connectivity index (χ2n) is 6.15. The number of hydrogen-bond donors (Lipinski definition) is 2. The molecule has 134 valence electrons. The number of carbonyl (C=O) groups is 1. The quantitative estimate of drug-likeness (QED) is 0.874. The third kappa shape index (κ3) is 3.32. The van der Waals surface area contributed by atoms with Gasteiger partial charge in [0, 0.05) is 24.5 Å². The second kappa shape index (κ2) is 6.61. The maximum absolute atomic E-state index is 13.0. The highest BCUT2D eigenvalue weighted by Crippen LogP contribution is 2.29. The van der Waals surface area contributed by atoms with Gasteiger partial charge >= 0.3 is 0 Å². The molecule has 0 spiro atoms. The summed E-state index contributed by atoms with van der Waals surface area (Å²) in [5, 5.41) is 2.64. The summed E-state index contributed by atoms with van der Waals surface area (Å²) in [5.74, 6) is -0.862. The van der Waals surface area contributed by atoms with Crippen molar-refractivity contribution in [2.45, 2.75) is 31.6 Å². The monoisotopic (exact) mass is 365 g/mol. The van der Waals surface area contributed by atoms with Crippen LogP contribution in [0.5, 0.6) is 0 Å². The van der Waals surface area contributed by atoms with E-state index in [1.165, 1.54) is 28.6 Å². The molecule has 2 aromatic rings. The topological polar surface area (TPSA) is 82.3 Å². The number of benzene rings is 1. The molecule has 1 amide bonds. The molecule has 1 saturated heterocycles. The first-order valence-electron chi connectivity index (χ1n) is 8.07. The van der Waals surface area contributed by atoms with E-state index in [1.54, 1.807) is 13.8 Å². The van der Waals surface area contributed by atoms with Crippen molar-refractivity contribution >= 4 is 21.6 Å². The Labute approximate surface area is 146 Å². The summed E-state index contributed by atoms with van der Waals surface area (Å²) >= 11 is 0. The van der Waals surface area contributed by atoms with Crippen LogP contribution in [0.15, 0.2) is 29.2 Å². The van der Waals surface area contributed by atoms with E-state index in [9.17, 15) is 17.6 Å². The Hall–Kier alpha value is -2.19. The fourth-order valence-electron chi connectivity index (χ4n) is 3.13. The van der Waals surface area contributed by atoms with Crippen LogP contribution < -0.4 is 5.32 Å².